The van der Waals surface area contributed by atoms with Crippen LogP contribution in [0.2, 0.25) is 0 Å². The third-order valence-corrected chi connectivity index (χ3v) is 6.92. The Morgan fingerprint density at radius 2 is 1.41 bits per heavy atom. The van der Waals surface area contributed by atoms with Crippen molar-refractivity contribution < 1.29 is 43.2 Å². The summed E-state index contributed by atoms with van der Waals surface area (Å²) < 4.78 is 20.9. The standard InChI is InChI=1S/C27H29NO9/c1-34-19-7-3-5-17(13-19)26(32)36-22(24(29)28-21-12-15-9-10-16(21)11-15)23(25(30)31)37-27(33)18-6-4-8-20(14-18)35-2/h3-8,13-16,21-23H,9-12H2,1-2H3,(H,28,29)(H,30,31)/t15-,16-,21-,22+,23-/m0/s1. The van der Waals surface area contributed by atoms with Gasteiger partial charge in [0.1, 0.15) is 11.5 Å². The van der Waals surface area contributed by atoms with E-state index >= 15 is 0 Å². The zero-order chi connectivity index (χ0) is 26.5. The maximum Gasteiger partial charge on any atom is 0.349 e. The number of aliphatic carboxylic acids is 1. The fourth-order valence-electron chi connectivity index (χ4n) is 5.05. The van der Waals surface area contributed by atoms with E-state index in [1.165, 1.54) is 44.6 Å². The van der Waals surface area contributed by atoms with Crippen molar-refractivity contribution in [2.45, 2.75) is 43.9 Å². The van der Waals surface area contributed by atoms with Crippen molar-refractivity contribution in [2.75, 3.05) is 14.2 Å². The topological polar surface area (TPSA) is 137 Å². The van der Waals surface area contributed by atoms with E-state index in [1.807, 2.05) is 0 Å². The monoisotopic (exact) mass is 511 g/mol. The minimum absolute atomic E-state index is 0.0111. The number of hydrogen-bond donors (Lipinski definition) is 2. The first kappa shape index (κ1) is 26.0. The molecule has 0 aromatic heterocycles. The Morgan fingerprint density at radius 3 is 1.86 bits per heavy atom. The Morgan fingerprint density at radius 1 is 0.838 bits per heavy atom. The molecule has 2 saturated carbocycles. The van der Waals surface area contributed by atoms with Crippen LogP contribution in [0.5, 0.6) is 11.5 Å². The summed E-state index contributed by atoms with van der Waals surface area (Å²) in [7, 11) is 2.84. The molecule has 2 aliphatic carbocycles. The van der Waals surface area contributed by atoms with Crippen LogP contribution in [-0.4, -0.2) is 61.4 Å². The lowest BCUT2D eigenvalue weighted by Gasteiger charge is -2.28. The molecule has 2 N–H and O–H groups in total. The molecule has 2 fully saturated rings. The zero-order valence-electron chi connectivity index (χ0n) is 20.5. The summed E-state index contributed by atoms with van der Waals surface area (Å²) in [6.07, 6.45) is -0.185. The van der Waals surface area contributed by atoms with Gasteiger partial charge in [0.05, 0.1) is 25.3 Å². The van der Waals surface area contributed by atoms with Crippen molar-refractivity contribution in [2.24, 2.45) is 11.8 Å². The van der Waals surface area contributed by atoms with Crippen molar-refractivity contribution >= 4 is 23.8 Å². The molecule has 2 aliphatic rings. The van der Waals surface area contributed by atoms with Crippen LogP contribution in [0.15, 0.2) is 48.5 Å². The van der Waals surface area contributed by atoms with E-state index in [0.717, 1.165) is 25.7 Å². The van der Waals surface area contributed by atoms with Crippen LogP contribution in [0.3, 0.4) is 0 Å². The molecule has 10 heteroatoms. The van der Waals surface area contributed by atoms with Gasteiger partial charge in [0, 0.05) is 6.04 Å². The zero-order valence-corrected chi connectivity index (χ0v) is 20.5. The number of carboxylic acids is 1. The fourth-order valence-corrected chi connectivity index (χ4v) is 5.05. The van der Waals surface area contributed by atoms with Gasteiger partial charge in [-0.2, -0.15) is 0 Å². The maximum absolute atomic E-state index is 13.3. The van der Waals surface area contributed by atoms with E-state index in [0.29, 0.717) is 17.4 Å². The molecule has 10 nitrogen and oxygen atoms in total. The quantitative estimate of drug-likeness (QED) is 0.461. The summed E-state index contributed by atoms with van der Waals surface area (Å²) in [5.74, 6) is -2.92. The van der Waals surface area contributed by atoms with Crippen LogP contribution in [0.4, 0.5) is 0 Å². The second-order valence-corrected chi connectivity index (χ2v) is 9.24. The van der Waals surface area contributed by atoms with Gasteiger partial charge in [0.15, 0.2) is 0 Å². The summed E-state index contributed by atoms with van der Waals surface area (Å²) in [5, 5.41) is 12.8. The number of carbonyl (C=O) groups is 4. The van der Waals surface area contributed by atoms with Crippen molar-refractivity contribution in [1.82, 2.24) is 5.32 Å². The molecule has 4 rings (SSSR count). The number of hydrogen-bond acceptors (Lipinski definition) is 8. The lowest BCUT2D eigenvalue weighted by molar-refractivity contribution is -0.159. The molecule has 0 radical (unpaired) electrons. The molecule has 2 aromatic carbocycles. The van der Waals surface area contributed by atoms with Crippen LogP contribution in [0.1, 0.15) is 46.4 Å². The molecule has 37 heavy (non-hydrogen) atoms. The van der Waals surface area contributed by atoms with E-state index in [-0.39, 0.29) is 23.1 Å². The number of nitrogens with one attached hydrogen (secondary N) is 1. The molecule has 0 unspecified atom stereocenters. The molecular weight excluding hydrogens is 482 g/mol. The van der Waals surface area contributed by atoms with Gasteiger partial charge in [-0.05, 0) is 67.5 Å². The second kappa shape index (κ2) is 11.3. The number of methoxy groups -OCH3 is 2. The molecule has 1 amide bonds. The number of esters is 2. The predicted octanol–water partition coefficient (Wildman–Crippen LogP) is 2.84. The Bertz CT molecular complexity index is 1180. The first-order valence-corrected chi connectivity index (χ1v) is 12.0. The van der Waals surface area contributed by atoms with E-state index in [4.69, 9.17) is 18.9 Å². The molecule has 0 aliphatic heterocycles. The minimum Gasteiger partial charge on any atom is -0.497 e. The van der Waals surface area contributed by atoms with Gasteiger partial charge in [-0.25, -0.2) is 14.4 Å². The Hall–Kier alpha value is -4.08. The van der Waals surface area contributed by atoms with Crippen LogP contribution in [0.25, 0.3) is 0 Å². The normalized spacial score (nSPS) is 21.4. The minimum atomic E-state index is -2.09. The Labute approximate surface area is 213 Å². The summed E-state index contributed by atoms with van der Waals surface area (Å²) in [6, 6.07) is 11.8. The number of benzene rings is 2. The van der Waals surface area contributed by atoms with Crippen LogP contribution in [-0.2, 0) is 19.1 Å². The Balaban J connectivity index is 1.58. The number of fused-ring (bicyclic) bond motifs is 2. The van der Waals surface area contributed by atoms with Gasteiger partial charge in [-0.1, -0.05) is 18.6 Å². The van der Waals surface area contributed by atoms with Crippen LogP contribution >= 0.6 is 0 Å². The van der Waals surface area contributed by atoms with Crippen molar-refractivity contribution in [3.8, 4) is 11.5 Å². The summed E-state index contributed by atoms with van der Waals surface area (Å²) in [4.78, 5) is 51.3. The molecule has 0 spiro atoms. The lowest BCUT2D eigenvalue weighted by atomic mass is 9.95. The van der Waals surface area contributed by atoms with Gasteiger partial charge in [0.2, 0.25) is 12.2 Å². The van der Waals surface area contributed by atoms with E-state index in [2.05, 4.69) is 5.32 Å². The van der Waals surface area contributed by atoms with E-state index < -0.39 is 36.0 Å². The van der Waals surface area contributed by atoms with Gasteiger partial charge in [-0.15, -0.1) is 0 Å². The summed E-state index contributed by atoms with van der Waals surface area (Å²) in [5.41, 5.74) is 0.0531. The number of carboxylic acid groups (broad SMARTS) is 1. The molecule has 0 heterocycles. The highest BCUT2D eigenvalue weighted by molar-refractivity contribution is 5.97. The fraction of sp³-hybridized carbons (Fsp3) is 0.407. The first-order valence-electron chi connectivity index (χ1n) is 12.0. The third kappa shape index (κ3) is 6.02. The highest BCUT2D eigenvalue weighted by Gasteiger charge is 2.45. The van der Waals surface area contributed by atoms with E-state index in [1.54, 1.807) is 18.2 Å². The second-order valence-electron chi connectivity index (χ2n) is 9.24. The number of rotatable bonds is 10. The highest BCUT2D eigenvalue weighted by atomic mass is 16.6. The predicted molar refractivity (Wildman–Crippen MR) is 129 cm³/mol. The van der Waals surface area contributed by atoms with Crippen LogP contribution in [0, 0.1) is 11.8 Å². The SMILES string of the molecule is COc1cccc(C(=O)O[C@H](C(=O)O)[C@@H](OC(=O)c2cccc(OC)c2)C(=O)N[C@H]2C[C@H]3CC[C@H]2C3)c1. The summed E-state index contributed by atoms with van der Waals surface area (Å²) >= 11 is 0. The molecule has 196 valence electrons. The maximum atomic E-state index is 13.3. The van der Waals surface area contributed by atoms with Crippen molar-refractivity contribution in [3.63, 3.8) is 0 Å². The molecular formula is C27H29NO9. The molecule has 0 saturated heterocycles. The average Bonchev–Trinajstić information content (AvgIpc) is 3.53. The number of ether oxygens (including phenoxy) is 4. The average molecular weight is 512 g/mol. The highest BCUT2D eigenvalue weighted by Crippen LogP contribution is 2.44. The van der Waals surface area contributed by atoms with Crippen LogP contribution < -0.4 is 14.8 Å². The smallest absolute Gasteiger partial charge is 0.349 e. The molecule has 2 aromatic rings. The largest absolute Gasteiger partial charge is 0.497 e. The molecule has 5 atom stereocenters. The van der Waals surface area contributed by atoms with Gasteiger partial charge >= 0.3 is 17.9 Å². The van der Waals surface area contributed by atoms with Gasteiger partial charge < -0.3 is 29.4 Å². The van der Waals surface area contributed by atoms with Crippen molar-refractivity contribution in [3.05, 3.63) is 59.7 Å². The van der Waals surface area contributed by atoms with Crippen molar-refractivity contribution in [1.29, 1.82) is 0 Å². The summed E-state index contributed by atoms with van der Waals surface area (Å²) in [6.45, 7) is 0. The molecule has 2 bridgehead atoms. The third-order valence-electron chi connectivity index (χ3n) is 6.92. The lowest BCUT2D eigenvalue weighted by Crippen LogP contribution is -2.53. The number of amides is 1. The Kier molecular flexibility index (Phi) is 7.95. The van der Waals surface area contributed by atoms with Gasteiger partial charge in [-0.3, -0.25) is 4.79 Å². The van der Waals surface area contributed by atoms with E-state index in [9.17, 15) is 24.3 Å². The number of carbonyl (C=O) groups excluding carboxylic acids is 3. The van der Waals surface area contributed by atoms with Gasteiger partial charge in [0.25, 0.3) is 5.91 Å². The first-order chi connectivity index (χ1) is 17.8.